The third-order valence-corrected chi connectivity index (χ3v) is 2.93. The van der Waals surface area contributed by atoms with Crippen molar-refractivity contribution in [2.45, 2.75) is 25.3 Å². The topological polar surface area (TPSA) is 55.2 Å². The zero-order valence-corrected chi connectivity index (χ0v) is 9.04. The number of rotatable bonds is 3. The fourth-order valence-corrected chi connectivity index (χ4v) is 1.62. The lowest BCUT2D eigenvalue weighted by Crippen LogP contribution is -2.17. The van der Waals surface area contributed by atoms with Gasteiger partial charge in [-0.2, -0.15) is 0 Å². The van der Waals surface area contributed by atoms with Gasteiger partial charge in [0.25, 0.3) is 5.69 Å². The van der Waals surface area contributed by atoms with Crippen LogP contribution in [0, 0.1) is 10.1 Å². The van der Waals surface area contributed by atoms with Gasteiger partial charge in [0.05, 0.1) is 9.95 Å². The number of halogens is 1. The van der Waals surface area contributed by atoms with Gasteiger partial charge in [-0.15, -0.1) is 0 Å². The van der Waals surface area contributed by atoms with E-state index in [-0.39, 0.29) is 11.2 Å². The summed E-state index contributed by atoms with van der Waals surface area (Å²) in [5.41, 5.74) is 0.454. The van der Waals surface area contributed by atoms with E-state index in [4.69, 9.17) is 11.6 Å². The summed E-state index contributed by atoms with van der Waals surface area (Å²) in [6, 6.07) is 4.70. The van der Waals surface area contributed by atoms with E-state index in [1.807, 2.05) is 6.92 Å². The quantitative estimate of drug-likeness (QED) is 0.636. The first kappa shape index (κ1) is 10.2. The van der Waals surface area contributed by atoms with Gasteiger partial charge >= 0.3 is 0 Å². The van der Waals surface area contributed by atoms with E-state index in [2.05, 4.69) is 5.32 Å². The number of nitrogens with one attached hydrogen (secondary N) is 1. The summed E-state index contributed by atoms with van der Waals surface area (Å²) in [4.78, 5) is 10.4. The molecule has 0 aromatic heterocycles. The Balaban J connectivity index is 2.38. The van der Waals surface area contributed by atoms with E-state index in [0.717, 1.165) is 12.8 Å². The Labute approximate surface area is 92.4 Å². The molecule has 5 heteroatoms. The molecule has 1 aromatic carbocycles. The van der Waals surface area contributed by atoms with Crippen molar-refractivity contribution in [3.63, 3.8) is 0 Å². The van der Waals surface area contributed by atoms with Gasteiger partial charge in [-0.1, -0.05) is 17.7 Å². The number of hydrogen-bond acceptors (Lipinski definition) is 3. The summed E-state index contributed by atoms with van der Waals surface area (Å²) in [6.45, 7) is 2.03. The SMILES string of the molecule is CC1(Nc2c(Cl)cccc2[N+](=O)[O-])CC1. The lowest BCUT2D eigenvalue weighted by atomic mass is 10.2. The first-order valence-electron chi connectivity index (χ1n) is 4.73. The molecule has 1 aliphatic rings. The van der Waals surface area contributed by atoms with E-state index < -0.39 is 4.92 Å². The number of anilines is 1. The Bertz CT molecular complexity index is 416. The minimum absolute atomic E-state index is 0.0181. The van der Waals surface area contributed by atoms with Crippen molar-refractivity contribution in [3.05, 3.63) is 33.3 Å². The summed E-state index contributed by atoms with van der Waals surface area (Å²) < 4.78 is 0. The molecule has 0 saturated heterocycles. The van der Waals surface area contributed by atoms with Crippen molar-refractivity contribution >= 4 is 23.0 Å². The second kappa shape index (κ2) is 3.38. The molecule has 0 radical (unpaired) electrons. The second-order valence-electron chi connectivity index (χ2n) is 4.08. The molecule has 1 saturated carbocycles. The van der Waals surface area contributed by atoms with Gasteiger partial charge < -0.3 is 5.32 Å². The minimum Gasteiger partial charge on any atom is -0.373 e. The highest BCUT2D eigenvalue weighted by molar-refractivity contribution is 6.33. The van der Waals surface area contributed by atoms with E-state index in [1.165, 1.54) is 6.07 Å². The zero-order valence-electron chi connectivity index (χ0n) is 8.29. The van der Waals surface area contributed by atoms with Crippen LogP contribution in [-0.4, -0.2) is 10.5 Å². The Morgan fingerprint density at radius 1 is 1.53 bits per heavy atom. The predicted octanol–water partition coefficient (Wildman–Crippen LogP) is 3.21. The van der Waals surface area contributed by atoms with Gasteiger partial charge in [0.15, 0.2) is 0 Å². The Hall–Kier alpha value is -1.29. The van der Waals surface area contributed by atoms with E-state index in [1.54, 1.807) is 12.1 Å². The minimum atomic E-state index is -0.417. The van der Waals surface area contributed by atoms with Crippen LogP contribution in [0.2, 0.25) is 5.02 Å². The monoisotopic (exact) mass is 226 g/mol. The van der Waals surface area contributed by atoms with Crippen LogP contribution in [-0.2, 0) is 0 Å². The maximum atomic E-state index is 10.8. The number of benzene rings is 1. The molecule has 80 valence electrons. The number of nitro groups is 1. The van der Waals surface area contributed by atoms with Crippen LogP contribution >= 0.6 is 11.6 Å². The van der Waals surface area contributed by atoms with Crippen molar-refractivity contribution < 1.29 is 4.92 Å². The molecule has 4 nitrogen and oxygen atoms in total. The first-order valence-corrected chi connectivity index (χ1v) is 5.11. The number of para-hydroxylation sites is 1. The van der Waals surface area contributed by atoms with Gasteiger partial charge in [-0.05, 0) is 25.8 Å². The molecular weight excluding hydrogens is 216 g/mol. The summed E-state index contributed by atoms with van der Waals surface area (Å²) >= 11 is 5.94. The van der Waals surface area contributed by atoms with Crippen molar-refractivity contribution in [3.8, 4) is 0 Å². The average molecular weight is 227 g/mol. The Morgan fingerprint density at radius 2 is 2.20 bits per heavy atom. The fourth-order valence-electron chi connectivity index (χ4n) is 1.40. The number of hydrogen-bond donors (Lipinski definition) is 1. The molecule has 0 atom stereocenters. The Morgan fingerprint density at radius 3 is 2.73 bits per heavy atom. The van der Waals surface area contributed by atoms with Gasteiger partial charge in [-0.3, -0.25) is 10.1 Å². The van der Waals surface area contributed by atoms with Gasteiger partial charge in [0.1, 0.15) is 5.69 Å². The smallest absolute Gasteiger partial charge is 0.293 e. The normalized spacial score (nSPS) is 17.2. The summed E-state index contributed by atoms with van der Waals surface area (Å²) in [5.74, 6) is 0. The molecule has 0 aliphatic heterocycles. The Kier molecular flexibility index (Phi) is 2.31. The van der Waals surface area contributed by atoms with Crippen LogP contribution in [0.3, 0.4) is 0 Å². The van der Waals surface area contributed by atoms with E-state index >= 15 is 0 Å². The van der Waals surface area contributed by atoms with Crippen LogP contribution in [0.5, 0.6) is 0 Å². The highest BCUT2D eigenvalue weighted by Gasteiger charge is 2.39. The highest BCUT2D eigenvalue weighted by Crippen LogP contribution is 2.42. The van der Waals surface area contributed by atoms with Crippen molar-refractivity contribution in [2.24, 2.45) is 0 Å². The molecule has 1 aliphatic carbocycles. The van der Waals surface area contributed by atoms with Crippen molar-refractivity contribution in [2.75, 3.05) is 5.32 Å². The molecule has 0 heterocycles. The molecular formula is C10H11ClN2O2. The molecule has 0 unspecified atom stereocenters. The molecule has 1 fully saturated rings. The van der Waals surface area contributed by atoms with Crippen molar-refractivity contribution in [1.29, 1.82) is 0 Å². The average Bonchev–Trinajstić information content (AvgIpc) is 2.87. The third kappa shape index (κ3) is 2.04. The molecule has 0 bridgehead atoms. The second-order valence-corrected chi connectivity index (χ2v) is 4.48. The highest BCUT2D eigenvalue weighted by atomic mass is 35.5. The zero-order chi connectivity index (χ0) is 11.1. The molecule has 2 rings (SSSR count). The van der Waals surface area contributed by atoms with Gasteiger partial charge in [-0.25, -0.2) is 0 Å². The molecule has 1 aromatic rings. The van der Waals surface area contributed by atoms with Gasteiger partial charge in [0.2, 0.25) is 0 Å². The van der Waals surface area contributed by atoms with Crippen LogP contribution in [0.4, 0.5) is 11.4 Å². The maximum Gasteiger partial charge on any atom is 0.293 e. The molecule has 0 amide bonds. The molecule has 0 spiro atoms. The van der Waals surface area contributed by atoms with Gasteiger partial charge in [0, 0.05) is 11.6 Å². The van der Waals surface area contributed by atoms with Crippen LogP contribution in [0.15, 0.2) is 18.2 Å². The fraction of sp³-hybridized carbons (Fsp3) is 0.400. The largest absolute Gasteiger partial charge is 0.373 e. The standard InChI is InChI=1S/C10H11ClN2O2/c1-10(5-6-10)12-9-7(11)3-2-4-8(9)13(14)15/h2-4,12H,5-6H2,1H3. The summed E-state index contributed by atoms with van der Waals surface area (Å²) in [6.07, 6.45) is 2.05. The third-order valence-electron chi connectivity index (χ3n) is 2.62. The predicted molar refractivity (Wildman–Crippen MR) is 59.4 cm³/mol. The molecule has 1 N–H and O–H groups in total. The van der Waals surface area contributed by atoms with Crippen LogP contribution in [0.25, 0.3) is 0 Å². The lowest BCUT2D eigenvalue weighted by Gasteiger charge is -2.14. The van der Waals surface area contributed by atoms with E-state index in [9.17, 15) is 10.1 Å². The number of nitrogens with zero attached hydrogens (tertiary/aromatic N) is 1. The summed E-state index contributed by atoms with van der Waals surface area (Å²) in [7, 11) is 0. The van der Waals surface area contributed by atoms with E-state index in [0.29, 0.717) is 10.7 Å². The molecule has 15 heavy (non-hydrogen) atoms. The number of nitro benzene ring substituents is 1. The lowest BCUT2D eigenvalue weighted by molar-refractivity contribution is -0.384. The summed E-state index contributed by atoms with van der Waals surface area (Å²) in [5, 5.41) is 14.3. The maximum absolute atomic E-state index is 10.8. The van der Waals surface area contributed by atoms with Crippen LogP contribution in [0.1, 0.15) is 19.8 Å². The van der Waals surface area contributed by atoms with Crippen molar-refractivity contribution in [1.82, 2.24) is 0 Å². The van der Waals surface area contributed by atoms with Crippen LogP contribution < -0.4 is 5.32 Å². The first-order chi connectivity index (χ1) is 7.02.